The van der Waals surface area contributed by atoms with Crippen LogP contribution in [-0.2, 0) is 47.5 Å². The lowest BCUT2D eigenvalue weighted by Crippen LogP contribution is -2.57. The molecule has 3 aliphatic rings. The zero-order valence-electron chi connectivity index (χ0n) is 21.9. The summed E-state index contributed by atoms with van der Waals surface area (Å²) >= 11 is 0.992. The third kappa shape index (κ3) is 7.29. The summed E-state index contributed by atoms with van der Waals surface area (Å²) in [5.41, 5.74) is 0. The van der Waals surface area contributed by atoms with Gasteiger partial charge in [-0.3, -0.25) is 8.98 Å². The van der Waals surface area contributed by atoms with Gasteiger partial charge in [0.15, 0.2) is 17.9 Å². The number of halogens is 9. The Morgan fingerprint density at radius 1 is 0.952 bits per heavy atom. The quantitative estimate of drug-likeness (QED) is 0.173. The monoisotopic (exact) mass is 764 g/mol. The molecular formula is C21H25F8IO11S. The normalized spacial score (nSPS) is 30.5. The lowest BCUT2D eigenvalue weighted by atomic mass is 10.1. The Labute approximate surface area is 247 Å². The second-order valence-electron chi connectivity index (χ2n) is 10.2. The Morgan fingerprint density at radius 3 is 2.07 bits per heavy atom. The number of rotatable bonds is 12. The fraction of sp³-hybridized carbons (Fsp3) is 0.857. The fourth-order valence-corrected chi connectivity index (χ4v) is 5.64. The molecule has 0 bridgehead atoms. The van der Waals surface area contributed by atoms with Crippen molar-refractivity contribution < 1.29 is 86.0 Å². The van der Waals surface area contributed by atoms with Crippen molar-refractivity contribution in [3.8, 4) is 0 Å². The molecule has 3 fully saturated rings. The second-order valence-corrected chi connectivity index (χ2v) is 13.2. The number of hydrogen-bond acceptors (Lipinski definition) is 10. The number of allylic oxidation sites excluding steroid dienone is 1. The van der Waals surface area contributed by atoms with E-state index in [0.29, 0.717) is 0 Å². The van der Waals surface area contributed by atoms with E-state index in [4.69, 9.17) is 28.8 Å². The Bertz CT molecular complexity index is 1180. The number of hydrogen-bond donors (Lipinski definition) is 1. The molecule has 3 saturated heterocycles. The van der Waals surface area contributed by atoms with Gasteiger partial charge >= 0.3 is 39.5 Å². The van der Waals surface area contributed by atoms with Crippen molar-refractivity contribution in [2.75, 3.05) is 6.61 Å². The van der Waals surface area contributed by atoms with E-state index in [1.165, 1.54) is 27.7 Å². The number of carboxylic acids is 1. The summed E-state index contributed by atoms with van der Waals surface area (Å²) in [6.07, 6.45) is -23.7. The topological polar surface area (TPSA) is 136 Å². The van der Waals surface area contributed by atoms with E-state index in [9.17, 15) is 48.3 Å². The van der Waals surface area contributed by atoms with Crippen LogP contribution in [-0.4, -0.2) is 91.8 Å². The molecule has 3 rings (SSSR count). The first-order valence-electron chi connectivity index (χ1n) is 11.8. The maximum absolute atomic E-state index is 14.7. The van der Waals surface area contributed by atoms with Crippen LogP contribution in [0, 0.1) is 0 Å². The van der Waals surface area contributed by atoms with Gasteiger partial charge in [-0.2, -0.15) is 43.5 Å². The van der Waals surface area contributed by atoms with Crippen molar-refractivity contribution in [2.45, 2.75) is 106 Å². The molecule has 1 N–H and O–H groups in total. The zero-order valence-corrected chi connectivity index (χ0v) is 24.9. The minimum atomic E-state index is -7.01. The molecule has 0 radical (unpaired) electrons. The number of carbonyl (C=O) groups is 1. The van der Waals surface area contributed by atoms with E-state index in [1.54, 1.807) is 0 Å². The van der Waals surface area contributed by atoms with Gasteiger partial charge in [0.05, 0.1) is 6.61 Å². The van der Waals surface area contributed by atoms with Crippen LogP contribution in [0.25, 0.3) is 0 Å². The van der Waals surface area contributed by atoms with E-state index in [1.807, 2.05) is 0 Å². The highest BCUT2D eigenvalue weighted by atomic mass is 127. The van der Waals surface area contributed by atoms with E-state index < -0.39 is 104 Å². The van der Waals surface area contributed by atoms with Crippen molar-refractivity contribution in [1.29, 1.82) is 0 Å². The Morgan fingerprint density at radius 2 is 1.55 bits per heavy atom. The highest BCUT2D eigenvalue weighted by molar-refractivity contribution is 14.1. The number of alkyl halides is 8. The van der Waals surface area contributed by atoms with E-state index >= 15 is 0 Å². The van der Waals surface area contributed by atoms with Crippen LogP contribution < -0.4 is 0 Å². The van der Waals surface area contributed by atoms with Gasteiger partial charge in [0.2, 0.25) is 0 Å². The molecule has 0 aromatic rings. The molecule has 0 saturated carbocycles. The van der Waals surface area contributed by atoms with Gasteiger partial charge in [0.1, 0.15) is 24.4 Å². The minimum Gasteiger partial charge on any atom is -0.481 e. The predicted octanol–water partition coefficient (Wildman–Crippen LogP) is 4.34. The molecule has 5 atom stereocenters. The Hall–Kier alpha value is -0.950. The average Bonchev–Trinajstić information content (AvgIpc) is 3.40. The smallest absolute Gasteiger partial charge is 0.460 e. The molecule has 244 valence electrons. The van der Waals surface area contributed by atoms with Gasteiger partial charge in [-0.15, -0.1) is 0 Å². The summed E-state index contributed by atoms with van der Waals surface area (Å²) in [6.45, 7) is 5.15. The molecular weight excluding hydrogens is 739 g/mol. The molecule has 11 nitrogen and oxygen atoms in total. The van der Waals surface area contributed by atoms with Crippen molar-refractivity contribution in [3.63, 3.8) is 0 Å². The SMILES string of the molecule is CC1(C)OCC([C@H]2O[C@@H]3OC(C)(C)O[C@H]3C2OS(=O)(=O)C(F)(F)C(F)(F)OC(F)(F)C(F)(F)C=C(I)CCC(=O)O)O1. The summed E-state index contributed by atoms with van der Waals surface area (Å²) < 4.78 is 173. The molecule has 3 heterocycles. The van der Waals surface area contributed by atoms with Crippen LogP contribution in [0.15, 0.2) is 9.66 Å². The van der Waals surface area contributed by atoms with Gasteiger partial charge in [-0.25, -0.2) is 4.74 Å². The minimum absolute atomic E-state index is 0.323. The Balaban J connectivity index is 1.86. The van der Waals surface area contributed by atoms with Crippen LogP contribution in [0.5, 0.6) is 0 Å². The van der Waals surface area contributed by atoms with Crippen LogP contribution in [0.1, 0.15) is 40.5 Å². The molecule has 3 aliphatic heterocycles. The predicted molar refractivity (Wildman–Crippen MR) is 127 cm³/mol. The maximum atomic E-state index is 14.7. The first-order valence-corrected chi connectivity index (χ1v) is 14.3. The third-order valence-corrected chi connectivity index (χ3v) is 8.07. The van der Waals surface area contributed by atoms with Crippen molar-refractivity contribution >= 4 is 38.7 Å². The average molecular weight is 764 g/mol. The van der Waals surface area contributed by atoms with E-state index in [-0.39, 0.29) is 6.61 Å². The highest BCUT2D eigenvalue weighted by Crippen LogP contribution is 2.50. The van der Waals surface area contributed by atoms with Gasteiger partial charge in [-0.05, 0) is 60.3 Å². The molecule has 0 aromatic carbocycles. The Kier molecular flexibility index (Phi) is 9.68. The number of ether oxygens (including phenoxy) is 6. The third-order valence-electron chi connectivity index (χ3n) is 5.87. The van der Waals surface area contributed by atoms with Gasteiger partial charge in [0.25, 0.3) is 0 Å². The molecule has 42 heavy (non-hydrogen) atoms. The van der Waals surface area contributed by atoms with Crippen LogP contribution in [0.3, 0.4) is 0 Å². The fourth-order valence-electron chi connectivity index (χ4n) is 4.01. The standard InChI is InChI=1S/C21H25F8IO11S/c1-16(2)35-8-10(37-16)12-13(14-15(36-12)39-17(3,4)38-14)40-42(33,34)21(28,29)20(26,27)41-19(24,25)18(22,23)7-9(30)5-6-11(31)32/h7,10,12-15H,5-6,8H2,1-4H3,(H,31,32)/t10?,12-,13?,14+,15-/m1/s1. The van der Waals surface area contributed by atoms with Crippen molar-refractivity contribution in [2.24, 2.45) is 0 Å². The van der Waals surface area contributed by atoms with E-state index in [0.717, 1.165) is 22.6 Å². The molecule has 0 amide bonds. The number of carboxylic acid groups (broad SMARTS) is 1. The summed E-state index contributed by atoms with van der Waals surface area (Å²) in [5.74, 6) is -10.0. The van der Waals surface area contributed by atoms with Gasteiger partial charge in [-0.1, -0.05) is 0 Å². The zero-order chi connectivity index (χ0) is 32.3. The maximum Gasteiger partial charge on any atom is 0.460 e. The first-order chi connectivity index (χ1) is 18.7. The van der Waals surface area contributed by atoms with Gasteiger partial charge < -0.3 is 28.8 Å². The number of fused-ring (bicyclic) bond motifs is 1. The van der Waals surface area contributed by atoms with Crippen LogP contribution in [0.4, 0.5) is 35.1 Å². The highest BCUT2D eigenvalue weighted by Gasteiger charge is 2.75. The lowest BCUT2D eigenvalue weighted by Gasteiger charge is -2.33. The second kappa shape index (κ2) is 11.4. The largest absolute Gasteiger partial charge is 0.481 e. The molecule has 0 aliphatic carbocycles. The van der Waals surface area contributed by atoms with Crippen LogP contribution >= 0.6 is 22.6 Å². The van der Waals surface area contributed by atoms with Crippen LogP contribution in [0.2, 0.25) is 0 Å². The summed E-state index contributed by atoms with van der Waals surface area (Å²) in [6, 6.07) is 0. The lowest BCUT2D eigenvalue weighted by molar-refractivity contribution is -0.448. The van der Waals surface area contributed by atoms with Gasteiger partial charge in [0, 0.05) is 12.5 Å². The first kappa shape index (κ1) is 35.5. The summed E-state index contributed by atoms with van der Waals surface area (Å²) in [4.78, 5) is 10.5. The van der Waals surface area contributed by atoms with E-state index in [2.05, 4.69) is 8.92 Å². The number of aliphatic carboxylic acids is 1. The molecule has 0 spiro atoms. The van der Waals surface area contributed by atoms with Crippen molar-refractivity contribution in [1.82, 2.24) is 0 Å². The summed E-state index contributed by atoms with van der Waals surface area (Å²) in [5, 5.41) is 1.85. The van der Waals surface area contributed by atoms with Crippen molar-refractivity contribution in [3.05, 3.63) is 9.66 Å². The molecule has 2 unspecified atom stereocenters. The summed E-state index contributed by atoms with van der Waals surface area (Å²) in [7, 11) is -7.01. The molecule has 21 heteroatoms. The molecule has 0 aromatic heterocycles.